The third-order valence-corrected chi connectivity index (χ3v) is 2.77. The van der Waals surface area contributed by atoms with E-state index in [0.29, 0.717) is 6.61 Å². The molecule has 3 rings (SSSR count). The molecule has 0 spiro atoms. The molecule has 16 heavy (non-hydrogen) atoms. The van der Waals surface area contributed by atoms with Crippen molar-refractivity contribution >= 4 is 17.2 Å². The van der Waals surface area contributed by atoms with E-state index in [1.165, 1.54) is 0 Å². The van der Waals surface area contributed by atoms with E-state index in [1.54, 1.807) is 6.21 Å². The van der Waals surface area contributed by atoms with Crippen LogP contribution in [0.3, 0.4) is 0 Å². The predicted molar refractivity (Wildman–Crippen MR) is 61.2 cm³/mol. The first-order valence-electron chi connectivity index (χ1n) is 5.18. The van der Waals surface area contributed by atoms with Crippen LogP contribution >= 0.6 is 0 Å². The zero-order chi connectivity index (χ0) is 11.0. The van der Waals surface area contributed by atoms with Gasteiger partial charge in [-0.25, -0.2) is 4.98 Å². The van der Waals surface area contributed by atoms with Crippen LogP contribution < -0.4 is 5.84 Å². The van der Waals surface area contributed by atoms with Gasteiger partial charge in [-0.2, -0.15) is 5.10 Å². The molecule has 0 atom stereocenters. The summed E-state index contributed by atoms with van der Waals surface area (Å²) in [4.78, 5) is 4.53. The Morgan fingerprint density at radius 1 is 1.50 bits per heavy atom. The topological polar surface area (TPSA) is 65.4 Å². The van der Waals surface area contributed by atoms with E-state index < -0.39 is 0 Å². The maximum Gasteiger partial charge on any atom is 0.136 e. The van der Waals surface area contributed by atoms with Gasteiger partial charge in [-0.15, -0.1) is 0 Å². The second-order valence-corrected chi connectivity index (χ2v) is 3.76. The van der Waals surface area contributed by atoms with E-state index in [-0.39, 0.29) is 0 Å². The second-order valence-electron chi connectivity index (χ2n) is 3.76. The van der Waals surface area contributed by atoms with Crippen LogP contribution in [0, 0.1) is 0 Å². The van der Waals surface area contributed by atoms with E-state index in [2.05, 4.69) is 14.7 Å². The predicted octanol–water partition coefficient (Wildman–Crippen LogP) is 0.859. The summed E-state index contributed by atoms with van der Waals surface area (Å²) in [5.41, 5.74) is 3.08. The highest BCUT2D eigenvalue weighted by atomic mass is 16.5. The number of nitrogens with two attached hydrogens (primary N) is 1. The van der Waals surface area contributed by atoms with Crippen molar-refractivity contribution in [3.05, 3.63) is 29.6 Å². The van der Waals surface area contributed by atoms with Gasteiger partial charge in [-0.3, -0.25) is 0 Å². The van der Waals surface area contributed by atoms with Gasteiger partial charge in [0.25, 0.3) is 0 Å². The number of hydrazone groups is 1. The fourth-order valence-corrected chi connectivity index (χ4v) is 2.04. The Kier molecular flexibility index (Phi) is 2.11. The molecule has 1 aromatic heterocycles. The normalized spacial score (nSPS) is 15.8. The highest BCUT2D eigenvalue weighted by Gasteiger charge is 2.14. The molecule has 2 heterocycles. The number of hydrogen-bond donors (Lipinski definition) is 1. The van der Waals surface area contributed by atoms with Gasteiger partial charge in [-0.1, -0.05) is 6.07 Å². The first-order valence-corrected chi connectivity index (χ1v) is 5.18. The Morgan fingerprint density at radius 2 is 2.44 bits per heavy atom. The van der Waals surface area contributed by atoms with Crippen LogP contribution in [-0.4, -0.2) is 22.4 Å². The van der Waals surface area contributed by atoms with Crippen molar-refractivity contribution in [1.82, 2.24) is 9.55 Å². The highest BCUT2D eigenvalue weighted by molar-refractivity contribution is 5.87. The maximum atomic E-state index is 5.37. The van der Waals surface area contributed by atoms with Crippen LogP contribution in [0.15, 0.2) is 23.3 Å². The monoisotopic (exact) mass is 216 g/mol. The van der Waals surface area contributed by atoms with E-state index in [1.807, 2.05) is 18.2 Å². The van der Waals surface area contributed by atoms with Crippen molar-refractivity contribution in [1.29, 1.82) is 0 Å². The van der Waals surface area contributed by atoms with Crippen molar-refractivity contribution in [2.75, 3.05) is 6.61 Å². The summed E-state index contributed by atoms with van der Waals surface area (Å²) < 4.78 is 7.57. The van der Waals surface area contributed by atoms with Gasteiger partial charge in [0.1, 0.15) is 12.4 Å². The number of imidazole rings is 1. The Morgan fingerprint density at radius 3 is 3.31 bits per heavy atom. The molecule has 0 saturated heterocycles. The lowest BCUT2D eigenvalue weighted by molar-refractivity contribution is 0.0830. The van der Waals surface area contributed by atoms with Crippen molar-refractivity contribution in [3.63, 3.8) is 0 Å². The maximum absolute atomic E-state index is 5.37. The van der Waals surface area contributed by atoms with Crippen LogP contribution in [0.4, 0.5) is 0 Å². The lowest BCUT2D eigenvalue weighted by atomic mass is 10.2. The minimum atomic E-state index is 0.592. The summed E-state index contributed by atoms with van der Waals surface area (Å²) in [7, 11) is 0. The fraction of sp³-hybridized carbons (Fsp3) is 0.273. The summed E-state index contributed by atoms with van der Waals surface area (Å²) in [5.74, 6) is 6.11. The van der Waals surface area contributed by atoms with Gasteiger partial charge in [0.2, 0.25) is 0 Å². The molecule has 1 aromatic carbocycles. The average molecular weight is 216 g/mol. The summed E-state index contributed by atoms with van der Waals surface area (Å²) in [6.45, 7) is 2.22. The minimum Gasteiger partial charge on any atom is -0.372 e. The molecule has 1 aliphatic rings. The Bertz CT molecular complexity index is 558. The number of nitrogens with zero attached hydrogens (tertiary/aromatic N) is 3. The van der Waals surface area contributed by atoms with Gasteiger partial charge in [-0.05, 0) is 17.7 Å². The molecule has 5 nitrogen and oxygen atoms in total. The van der Waals surface area contributed by atoms with E-state index in [9.17, 15) is 0 Å². The van der Waals surface area contributed by atoms with Crippen molar-refractivity contribution < 1.29 is 4.74 Å². The lowest BCUT2D eigenvalue weighted by Crippen LogP contribution is -2.16. The summed E-state index contributed by atoms with van der Waals surface area (Å²) in [6.07, 6.45) is 1.62. The highest BCUT2D eigenvalue weighted by Crippen LogP contribution is 2.20. The Labute approximate surface area is 92.5 Å². The summed E-state index contributed by atoms with van der Waals surface area (Å²) in [5, 5.41) is 3.51. The first-order chi connectivity index (χ1) is 7.88. The van der Waals surface area contributed by atoms with Gasteiger partial charge in [0.15, 0.2) is 0 Å². The Balaban J connectivity index is 2.18. The number of aromatic nitrogens is 2. The van der Waals surface area contributed by atoms with E-state index in [4.69, 9.17) is 10.6 Å². The third-order valence-electron chi connectivity index (χ3n) is 2.77. The molecular weight excluding hydrogens is 204 g/mol. The van der Waals surface area contributed by atoms with Crippen LogP contribution in [-0.2, 0) is 17.9 Å². The van der Waals surface area contributed by atoms with Crippen molar-refractivity contribution in [3.8, 4) is 0 Å². The standard InChI is InChI=1S/C11H12N4O/c12-13-6-8-1-2-10-9(5-8)14-11-7-16-4-3-15(10)11/h1-2,5-6H,3-4,7,12H2. The zero-order valence-electron chi connectivity index (χ0n) is 8.76. The van der Waals surface area contributed by atoms with Crippen molar-refractivity contribution in [2.45, 2.75) is 13.2 Å². The van der Waals surface area contributed by atoms with Gasteiger partial charge < -0.3 is 15.1 Å². The number of hydrogen-bond acceptors (Lipinski definition) is 4. The molecule has 0 bridgehead atoms. The molecule has 2 N–H and O–H groups in total. The van der Waals surface area contributed by atoms with E-state index >= 15 is 0 Å². The van der Waals surface area contributed by atoms with Gasteiger partial charge in [0.05, 0.1) is 23.9 Å². The smallest absolute Gasteiger partial charge is 0.136 e. The van der Waals surface area contributed by atoms with Crippen LogP contribution in [0.5, 0.6) is 0 Å². The lowest BCUT2D eigenvalue weighted by Gasteiger charge is -2.14. The van der Waals surface area contributed by atoms with Crippen LogP contribution in [0.2, 0.25) is 0 Å². The number of fused-ring (bicyclic) bond motifs is 3. The molecule has 0 unspecified atom stereocenters. The Hall–Kier alpha value is -1.88. The SMILES string of the molecule is NN=Cc1ccc2c(c1)nc1n2CCOC1. The molecule has 0 amide bonds. The molecule has 1 aliphatic heterocycles. The third kappa shape index (κ3) is 1.37. The zero-order valence-corrected chi connectivity index (χ0v) is 8.76. The largest absolute Gasteiger partial charge is 0.372 e. The summed E-state index contributed by atoms with van der Waals surface area (Å²) >= 11 is 0. The molecule has 5 heteroatoms. The second kappa shape index (κ2) is 3.61. The number of benzene rings is 1. The molecule has 0 fully saturated rings. The molecule has 2 aromatic rings. The first kappa shape index (κ1) is 9.35. The van der Waals surface area contributed by atoms with Gasteiger partial charge in [0, 0.05) is 6.54 Å². The van der Waals surface area contributed by atoms with Crippen molar-refractivity contribution in [2.24, 2.45) is 10.9 Å². The molecule has 82 valence electrons. The molecule has 0 aliphatic carbocycles. The van der Waals surface area contributed by atoms with Crippen LogP contribution in [0.1, 0.15) is 11.4 Å². The number of ether oxygens (including phenoxy) is 1. The molecular formula is C11H12N4O. The molecule has 0 saturated carbocycles. The quantitative estimate of drug-likeness (QED) is 0.437. The minimum absolute atomic E-state index is 0.592. The van der Waals surface area contributed by atoms with Gasteiger partial charge >= 0.3 is 0 Å². The summed E-state index contributed by atoms with van der Waals surface area (Å²) in [6, 6.07) is 6.02. The number of rotatable bonds is 1. The molecule has 0 radical (unpaired) electrons. The fourth-order valence-electron chi connectivity index (χ4n) is 2.04. The van der Waals surface area contributed by atoms with E-state index in [0.717, 1.165) is 35.6 Å². The average Bonchev–Trinajstić information content (AvgIpc) is 2.67. The van der Waals surface area contributed by atoms with Crippen LogP contribution in [0.25, 0.3) is 11.0 Å².